The highest BCUT2D eigenvalue weighted by Crippen LogP contribution is 2.17. The first-order valence-corrected chi connectivity index (χ1v) is 7.38. The lowest BCUT2D eigenvalue weighted by Crippen LogP contribution is -3.00. The van der Waals surface area contributed by atoms with Gasteiger partial charge in [-0.05, 0) is 12.1 Å². The molecule has 1 saturated heterocycles. The minimum absolute atomic E-state index is 0. The van der Waals surface area contributed by atoms with Gasteiger partial charge in [-0.15, -0.1) is 0 Å². The molecule has 1 aromatic rings. The van der Waals surface area contributed by atoms with E-state index in [1.54, 1.807) is 0 Å². The summed E-state index contributed by atoms with van der Waals surface area (Å²) in [5, 5.41) is 0. The Bertz CT molecular complexity index is 466. The molecular weight excluding hydrogens is 335 g/mol. The largest absolute Gasteiger partial charge is 1.00 e. The summed E-state index contributed by atoms with van der Waals surface area (Å²) in [5.74, 6) is 0.0622. The van der Waals surface area contributed by atoms with E-state index in [1.807, 2.05) is 24.0 Å². The molecule has 5 heteroatoms. The summed E-state index contributed by atoms with van der Waals surface area (Å²) >= 11 is 0. The lowest BCUT2D eigenvalue weighted by molar-refractivity contribution is -0.920. The van der Waals surface area contributed by atoms with Gasteiger partial charge in [0.15, 0.2) is 0 Å². The topological polar surface area (TPSA) is 20.3 Å². The fraction of sp³-hybridized carbons (Fsp3) is 0.562. The van der Waals surface area contributed by atoms with Crippen LogP contribution < -0.4 is 17.0 Å². The van der Waals surface area contributed by atoms with E-state index in [-0.39, 0.29) is 28.7 Å². The number of rotatable bonds is 3. The van der Waals surface area contributed by atoms with Crippen molar-refractivity contribution in [1.82, 2.24) is 4.90 Å². The quantitative estimate of drug-likeness (QED) is 0.662. The third-order valence-electron chi connectivity index (χ3n) is 4.17. The number of carbonyl (C=O) groups excluding carboxylic acids is 1. The number of nitrogens with zero attached hydrogens (tertiary/aromatic N) is 2. The average Bonchev–Trinajstić information content (AvgIpc) is 2.63. The van der Waals surface area contributed by atoms with Crippen LogP contribution in [0.2, 0.25) is 0 Å². The molecule has 0 saturated carbocycles. The van der Waals surface area contributed by atoms with Crippen molar-refractivity contribution in [2.45, 2.75) is 26.3 Å². The van der Waals surface area contributed by atoms with Gasteiger partial charge in [0.05, 0.1) is 26.7 Å². The number of quaternary nitrogens is 1. The number of carbonyl (C=O) groups is 1. The molecule has 1 aliphatic heterocycles. The average molecular weight is 359 g/mol. The summed E-state index contributed by atoms with van der Waals surface area (Å²) in [6.45, 7) is 6.52. The van der Waals surface area contributed by atoms with Crippen LogP contribution in [0.15, 0.2) is 24.3 Å². The van der Waals surface area contributed by atoms with Gasteiger partial charge in [0, 0.05) is 24.9 Å². The monoisotopic (exact) mass is 358 g/mol. The number of benzene rings is 1. The first kappa shape index (κ1) is 18.1. The Balaban J connectivity index is 0.00000220. The van der Waals surface area contributed by atoms with Crippen molar-refractivity contribution in [2.75, 3.05) is 33.2 Å². The van der Waals surface area contributed by atoms with E-state index >= 15 is 0 Å². The Hall–Kier alpha value is -0.940. The number of hydrogen-bond donors (Lipinski definition) is 0. The molecule has 1 fully saturated rings. The van der Waals surface area contributed by atoms with E-state index in [9.17, 15) is 9.18 Å². The standard InChI is InChI=1S/C16H24FN2O.BrH/c1-3-16(20)18-9-4-11-19(2,12-10-18)13-14-5-7-15(17)8-6-14;/h5-8H,3-4,9-13H2,1-2H3;1H/q+1;/p-1. The van der Waals surface area contributed by atoms with Gasteiger partial charge in [-0.3, -0.25) is 4.79 Å². The zero-order valence-corrected chi connectivity index (χ0v) is 14.4. The van der Waals surface area contributed by atoms with E-state index in [2.05, 4.69) is 7.05 Å². The van der Waals surface area contributed by atoms with Crippen LogP contribution in [0.3, 0.4) is 0 Å². The summed E-state index contributed by atoms with van der Waals surface area (Å²) in [6, 6.07) is 6.76. The van der Waals surface area contributed by atoms with Gasteiger partial charge >= 0.3 is 0 Å². The van der Waals surface area contributed by atoms with Crippen molar-refractivity contribution < 1.29 is 30.6 Å². The van der Waals surface area contributed by atoms with Crippen LogP contribution in [0, 0.1) is 5.82 Å². The minimum atomic E-state index is -0.188. The Kier molecular flexibility index (Phi) is 6.81. The van der Waals surface area contributed by atoms with E-state index in [0.717, 1.165) is 49.2 Å². The molecule has 1 aromatic carbocycles. The van der Waals surface area contributed by atoms with Crippen LogP contribution in [0.1, 0.15) is 25.3 Å². The van der Waals surface area contributed by atoms with Crippen molar-refractivity contribution in [3.05, 3.63) is 35.6 Å². The zero-order valence-electron chi connectivity index (χ0n) is 12.8. The van der Waals surface area contributed by atoms with Crippen molar-refractivity contribution in [2.24, 2.45) is 0 Å². The van der Waals surface area contributed by atoms with E-state index in [1.165, 1.54) is 12.1 Å². The molecular formula is C16H24BrFN2O. The van der Waals surface area contributed by atoms with Crippen LogP contribution in [0.5, 0.6) is 0 Å². The van der Waals surface area contributed by atoms with Crippen molar-refractivity contribution in [3.63, 3.8) is 0 Å². The smallest absolute Gasteiger partial charge is 0.222 e. The zero-order chi connectivity index (χ0) is 14.6. The van der Waals surface area contributed by atoms with Crippen molar-refractivity contribution in [1.29, 1.82) is 0 Å². The lowest BCUT2D eigenvalue weighted by Gasteiger charge is -2.33. The molecule has 1 aliphatic rings. The van der Waals surface area contributed by atoms with Crippen LogP contribution in [0.25, 0.3) is 0 Å². The normalized spacial score (nSPS) is 22.3. The fourth-order valence-electron chi connectivity index (χ4n) is 2.89. The number of likely N-dealkylation sites (N-methyl/N-ethyl adjacent to an activating group) is 1. The molecule has 0 spiro atoms. The summed E-state index contributed by atoms with van der Waals surface area (Å²) in [7, 11) is 2.23. The van der Waals surface area contributed by atoms with Crippen LogP contribution in [-0.2, 0) is 11.3 Å². The molecule has 0 aliphatic carbocycles. The molecule has 21 heavy (non-hydrogen) atoms. The van der Waals surface area contributed by atoms with Gasteiger partial charge in [-0.1, -0.05) is 19.1 Å². The number of halogens is 2. The summed E-state index contributed by atoms with van der Waals surface area (Å²) in [5.41, 5.74) is 1.16. The first-order chi connectivity index (χ1) is 9.52. The fourth-order valence-corrected chi connectivity index (χ4v) is 2.89. The Morgan fingerprint density at radius 3 is 2.52 bits per heavy atom. The minimum Gasteiger partial charge on any atom is -1.00 e. The van der Waals surface area contributed by atoms with Gasteiger partial charge in [0.1, 0.15) is 12.4 Å². The van der Waals surface area contributed by atoms with Crippen LogP contribution in [-0.4, -0.2) is 48.5 Å². The predicted octanol–water partition coefficient (Wildman–Crippen LogP) is -0.581. The summed E-state index contributed by atoms with van der Waals surface area (Å²) < 4.78 is 13.9. The molecule has 0 aromatic heterocycles. The lowest BCUT2D eigenvalue weighted by atomic mass is 10.2. The first-order valence-electron chi connectivity index (χ1n) is 7.38. The SMILES string of the molecule is CCC(=O)N1CCC[N+](C)(Cc2ccc(F)cc2)CC1.[Br-]. The molecule has 0 radical (unpaired) electrons. The van der Waals surface area contributed by atoms with Gasteiger partial charge in [-0.25, -0.2) is 4.39 Å². The molecule has 118 valence electrons. The maximum atomic E-state index is 13.0. The van der Waals surface area contributed by atoms with Crippen molar-refractivity contribution >= 4 is 5.91 Å². The molecule has 0 bridgehead atoms. The Morgan fingerprint density at radius 2 is 1.90 bits per heavy atom. The molecule has 1 amide bonds. The Morgan fingerprint density at radius 1 is 1.24 bits per heavy atom. The molecule has 2 rings (SSSR count). The van der Waals surface area contributed by atoms with Crippen molar-refractivity contribution in [3.8, 4) is 0 Å². The van der Waals surface area contributed by atoms with E-state index < -0.39 is 0 Å². The van der Waals surface area contributed by atoms with Crippen LogP contribution >= 0.6 is 0 Å². The highest BCUT2D eigenvalue weighted by atomic mass is 79.9. The van der Waals surface area contributed by atoms with Gasteiger partial charge < -0.3 is 26.4 Å². The van der Waals surface area contributed by atoms with E-state index in [0.29, 0.717) is 6.42 Å². The second-order valence-electron chi connectivity index (χ2n) is 5.94. The second-order valence-corrected chi connectivity index (χ2v) is 5.94. The predicted molar refractivity (Wildman–Crippen MR) is 77.5 cm³/mol. The van der Waals surface area contributed by atoms with Crippen LogP contribution in [0.4, 0.5) is 4.39 Å². The maximum Gasteiger partial charge on any atom is 0.222 e. The second kappa shape index (κ2) is 7.90. The van der Waals surface area contributed by atoms with Gasteiger partial charge in [0.2, 0.25) is 5.91 Å². The third-order valence-corrected chi connectivity index (χ3v) is 4.17. The summed E-state index contributed by atoms with van der Waals surface area (Å²) in [6.07, 6.45) is 1.62. The maximum absolute atomic E-state index is 13.0. The number of amides is 1. The number of hydrogen-bond acceptors (Lipinski definition) is 1. The Labute approximate surface area is 137 Å². The molecule has 1 atom stereocenters. The molecule has 1 unspecified atom stereocenters. The highest BCUT2D eigenvalue weighted by Gasteiger charge is 2.27. The molecule has 1 heterocycles. The van der Waals surface area contributed by atoms with E-state index in [4.69, 9.17) is 0 Å². The summed E-state index contributed by atoms with van der Waals surface area (Å²) in [4.78, 5) is 13.8. The van der Waals surface area contributed by atoms with Gasteiger partial charge in [-0.2, -0.15) is 0 Å². The highest BCUT2D eigenvalue weighted by molar-refractivity contribution is 5.75. The third kappa shape index (κ3) is 5.08. The molecule has 0 N–H and O–H groups in total. The molecule has 3 nitrogen and oxygen atoms in total. The van der Waals surface area contributed by atoms with Gasteiger partial charge in [0.25, 0.3) is 0 Å².